The smallest absolute Gasteiger partial charge is 0.311 e. The van der Waals surface area contributed by atoms with Gasteiger partial charge in [-0.1, -0.05) is 6.92 Å². The van der Waals surface area contributed by atoms with Crippen LogP contribution in [-0.4, -0.2) is 36.0 Å². The van der Waals surface area contributed by atoms with Gasteiger partial charge in [0.05, 0.1) is 19.1 Å². The molecule has 0 fully saturated rings. The van der Waals surface area contributed by atoms with Crippen molar-refractivity contribution in [2.45, 2.75) is 26.2 Å². The molecule has 2 N–H and O–H groups in total. The summed E-state index contributed by atoms with van der Waals surface area (Å²) < 4.78 is 4.86. The molecule has 1 unspecified atom stereocenters. The molecule has 0 saturated carbocycles. The summed E-state index contributed by atoms with van der Waals surface area (Å²) in [4.78, 5) is 11.2. The first-order valence-electron chi connectivity index (χ1n) is 4.64. The number of carbonyl (C=O) groups excluding carboxylic acids is 1. The van der Waals surface area contributed by atoms with Gasteiger partial charge >= 0.3 is 5.97 Å². The van der Waals surface area contributed by atoms with Crippen molar-refractivity contribution >= 4 is 5.97 Å². The van der Waals surface area contributed by atoms with Crippen molar-refractivity contribution < 1.29 is 19.7 Å². The highest BCUT2D eigenvalue weighted by Crippen LogP contribution is 2.07. The van der Waals surface area contributed by atoms with Gasteiger partial charge in [0.1, 0.15) is 0 Å². The molecule has 4 nitrogen and oxygen atoms in total. The fourth-order valence-corrected chi connectivity index (χ4v) is 0.942. The van der Waals surface area contributed by atoms with Gasteiger partial charge in [-0.05, 0) is 19.3 Å². The number of rotatable bonds is 7. The van der Waals surface area contributed by atoms with Crippen LogP contribution in [0, 0.1) is 5.92 Å². The molecule has 13 heavy (non-hydrogen) atoms. The lowest BCUT2D eigenvalue weighted by atomic mass is 10.1. The zero-order valence-corrected chi connectivity index (χ0v) is 8.03. The predicted molar refractivity (Wildman–Crippen MR) is 48.1 cm³/mol. The minimum atomic E-state index is -0.473. The van der Waals surface area contributed by atoms with Crippen molar-refractivity contribution in [3.63, 3.8) is 0 Å². The number of esters is 1. The van der Waals surface area contributed by atoms with Crippen LogP contribution in [0.25, 0.3) is 0 Å². The minimum absolute atomic E-state index is 0.0392. The van der Waals surface area contributed by atoms with Crippen LogP contribution in [0.3, 0.4) is 0 Å². The van der Waals surface area contributed by atoms with Crippen molar-refractivity contribution in [3.05, 3.63) is 0 Å². The van der Waals surface area contributed by atoms with Crippen LogP contribution in [-0.2, 0) is 9.53 Å². The molecule has 0 spiro atoms. The summed E-state index contributed by atoms with van der Waals surface area (Å²) in [6, 6.07) is 0. The number of ether oxygens (including phenoxy) is 1. The van der Waals surface area contributed by atoms with Gasteiger partial charge in [0, 0.05) is 6.61 Å². The molecule has 0 aliphatic rings. The molecule has 0 aliphatic carbocycles. The van der Waals surface area contributed by atoms with Crippen molar-refractivity contribution in [1.82, 2.24) is 0 Å². The van der Waals surface area contributed by atoms with E-state index in [0.29, 0.717) is 19.4 Å². The minimum Gasteiger partial charge on any atom is -0.465 e. The second-order valence-electron chi connectivity index (χ2n) is 2.91. The van der Waals surface area contributed by atoms with Crippen LogP contribution in [0.4, 0.5) is 0 Å². The quantitative estimate of drug-likeness (QED) is 0.567. The number of aliphatic hydroxyl groups excluding tert-OH is 2. The van der Waals surface area contributed by atoms with Gasteiger partial charge in [0.2, 0.25) is 0 Å². The maximum atomic E-state index is 11.2. The molecule has 0 rings (SSSR count). The third kappa shape index (κ3) is 5.60. The molecule has 0 radical (unpaired) electrons. The van der Waals surface area contributed by atoms with Crippen LogP contribution in [0.2, 0.25) is 0 Å². The van der Waals surface area contributed by atoms with E-state index in [2.05, 4.69) is 0 Å². The normalized spacial score (nSPS) is 12.5. The third-order valence-corrected chi connectivity index (χ3v) is 1.71. The van der Waals surface area contributed by atoms with E-state index in [0.717, 1.165) is 6.42 Å². The predicted octanol–water partition coefficient (Wildman–Crippen LogP) is 0.321. The molecule has 0 aromatic heterocycles. The molecule has 0 amide bonds. The van der Waals surface area contributed by atoms with Crippen LogP contribution in [0.1, 0.15) is 26.2 Å². The second kappa shape index (κ2) is 8.01. The average Bonchev–Trinajstić information content (AvgIpc) is 2.16. The zero-order chi connectivity index (χ0) is 10.1. The fraction of sp³-hybridized carbons (Fsp3) is 0.889. The summed E-state index contributed by atoms with van der Waals surface area (Å²) in [5, 5.41) is 17.4. The van der Waals surface area contributed by atoms with Crippen LogP contribution in [0.5, 0.6) is 0 Å². The lowest BCUT2D eigenvalue weighted by Crippen LogP contribution is -2.21. The van der Waals surface area contributed by atoms with E-state index in [9.17, 15) is 4.79 Å². The van der Waals surface area contributed by atoms with Crippen molar-refractivity contribution in [1.29, 1.82) is 0 Å². The van der Waals surface area contributed by atoms with Gasteiger partial charge in [-0.3, -0.25) is 4.79 Å². The van der Waals surface area contributed by atoms with Gasteiger partial charge in [0.25, 0.3) is 0 Å². The van der Waals surface area contributed by atoms with Crippen LogP contribution in [0.15, 0.2) is 0 Å². The summed E-state index contributed by atoms with van der Waals surface area (Å²) >= 11 is 0. The van der Waals surface area contributed by atoms with E-state index in [-0.39, 0.29) is 19.2 Å². The highest BCUT2D eigenvalue weighted by atomic mass is 16.5. The second-order valence-corrected chi connectivity index (χ2v) is 2.91. The SMILES string of the molecule is CCCOC(=O)C(CO)CCCO. The van der Waals surface area contributed by atoms with Gasteiger partial charge in [-0.2, -0.15) is 0 Å². The van der Waals surface area contributed by atoms with Crippen LogP contribution >= 0.6 is 0 Å². The average molecular weight is 190 g/mol. The molecule has 0 aromatic rings. The van der Waals surface area contributed by atoms with Gasteiger partial charge in [-0.15, -0.1) is 0 Å². The maximum absolute atomic E-state index is 11.2. The van der Waals surface area contributed by atoms with E-state index < -0.39 is 5.92 Å². The summed E-state index contributed by atoms with van der Waals surface area (Å²) in [5.41, 5.74) is 0. The van der Waals surface area contributed by atoms with E-state index in [1.807, 2.05) is 6.92 Å². The van der Waals surface area contributed by atoms with E-state index in [4.69, 9.17) is 14.9 Å². The molecule has 0 heterocycles. The lowest BCUT2D eigenvalue weighted by Gasteiger charge is -2.11. The molecule has 0 aliphatic heterocycles. The summed E-state index contributed by atoms with van der Waals surface area (Å²) in [6.45, 7) is 2.14. The third-order valence-electron chi connectivity index (χ3n) is 1.71. The summed E-state index contributed by atoms with van der Waals surface area (Å²) in [6.07, 6.45) is 1.78. The van der Waals surface area contributed by atoms with Crippen molar-refractivity contribution in [2.75, 3.05) is 19.8 Å². The highest BCUT2D eigenvalue weighted by Gasteiger charge is 2.17. The van der Waals surface area contributed by atoms with Gasteiger partial charge in [0.15, 0.2) is 0 Å². The zero-order valence-electron chi connectivity index (χ0n) is 8.03. The summed E-state index contributed by atoms with van der Waals surface area (Å²) in [7, 11) is 0. The van der Waals surface area contributed by atoms with Crippen molar-refractivity contribution in [2.24, 2.45) is 5.92 Å². The largest absolute Gasteiger partial charge is 0.465 e. The van der Waals surface area contributed by atoms with E-state index in [1.54, 1.807) is 0 Å². The number of carbonyl (C=O) groups is 1. The molecule has 0 saturated heterocycles. The Bertz CT molecular complexity index is 136. The van der Waals surface area contributed by atoms with Crippen LogP contribution < -0.4 is 0 Å². The Morgan fingerprint density at radius 1 is 1.46 bits per heavy atom. The fourth-order valence-electron chi connectivity index (χ4n) is 0.942. The molecule has 78 valence electrons. The van der Waals surface area contributed by atoms with Gasteiger partial charge < -0.3 is 14.9 Å². The molecule has 4 heteroatoms. The van der Waals surface area contributed by atoms with E-state index >= 15 is 0 Å². The Kier molecular flexibility index (Phi) is 7.63. The maximum Gasteiger partial charge on any atom is 0.311 e. The monoisotopic (exact) mass is 190 g/mol. The Hall–Kier alpha value is -0.610. The first-order valence-corrected chi connectivity index (χ1v) is 4.64. The topological polar surface area (TPSA) is 66.8 Å². The number of hydrogen-bond donors (Lipinski definition) is 2. The highest BCUT2D eigenvalue weighted by molar-refractivity contribution is 5.72. The number of hydrogen-bond acceptors (Lipinski definition) is 4. The lowest BCUT2D eigenvalue weighted by molar-refractivity contribution is -0.150. The van der Waals surface area contributed by atoms with E-state index in [1.165, 1.54) is 0 Å². The molecule has 0 aromatic carbocycles. The van der Waals surface area contributed by atoms with Gasteiger partial charge in [-0.25, -0.2) is 0 Å². The first-order chi connectivity index (χ1) is 6.26. The Morgan fingerprint density at radius 3 is 2.62 bits per heavy atom. The molecular weight excluding hydrogens is 172 g/mol. The number of aliphatic hydroxyl groups is 2. The Labute approximate surface area is 78.5 Å². The Balaban J connectivity index is 3.71. The molecule has 1 atom stereocenters. The standard InChI is InChI=1S/C9H18O4/c1-2-6-13-9(12)8(7-11)4-3-5-10/h8,10-11H,2-7H2,1H3. The van der Waals surface area contributed by atoms with Crippen molar-refractivity contribution in [3.8, 4) is 0 Å². The molecular formula is C9H18O4. The summed E-state index contributed by atoms with van der Waals surface area (Å²) in [5.74, 6) is -0.837. The first kappa shape index (κ1) is 12.4. The Morgan fingerprint density at radius 2 is 2.15 bits per heavy atom. The molecule has 0 bridgehead atoms.